The zero-order valence-corrected chi connectivity index (χ0v) is 24.7. The van der Waals surface area contributed by atoms with Crippen molar-refractivity contribution in [2.75, 3.05) is 43.0 Å². The second-order valence-electron chi connectivity index (χ2n) is 11.0. The number of imidazole rings is 1. The highest BCUT2D eigenvalue weighted by Crippen LogP contribution is 2.37. The zero-order chi connectivity index (χ0) is 28.8. The molecule has 5 aromatic rings. The van der Waals surface area contributed by atoms with Gasteiger partial charge in [-0.2, -0.15) is 5.26 Å². The smallest absolute Gasteiger partial charge is 0.225 e. The van der Waals surface area contributed by atoms with E-state index in [1.54, 1.807) is 0 Å². The number of nitrogens with one attached hydrogen (secondary N) is 2. The van der Waals surface area contributed by atoms with E-state index in [9.17, 15) is 5.26 Å². The van der Waals surface area contributed by atoms with Gasteiger partial charge >= 0.3 is 0 Å². The van der Waals surface area contributed by atoms with Gasteiger partial charge in [-0.3, -0.25) is 4.40 Å². The van der Waals surface area contributed by atoms with Crippen molar-refractivity contribution >= 4 is 33.9 Å². The summed E-state index contributed by atoms with van der Waals surface area (Å²) in [6.45, 7) is 8.13. The molecule has 0 spiro atoms. The molecule has 1 aromatic carbocycles. The predicted molar refractivity (Wildman–Crippen MR) is 166 cm³/mol. The summed E-state index contributed by atoms with van der Waals surface area (Å²) in [7, 11) is 1.99. The highest BCUT2D eigenvalue weighted by atomic mass is 32.1. The van der Waals surface area contributed by atoms with Crippen molar-refractivity contribution in [3.8, 4) is 28.5 Å². The lowest BCUT2D eigenvalue weighted by atomic mass is 10.1. The van der Waals surface area contributed by atoms with Crippen molar-refractivity contribution in [3.05, 3.63) is 71.1 Å². The van der Waals surface area contributed by atoms with E-state index in [1.807, 2.05) is 54.7 Å². The summed E-state index contributed by atoms with van der Waals surface area (Å²) in [6.07, 6.45) is 6.64. The Morgan fingerprint density at radius 3 is 2.43 bits per heavy atom. The van der Waals surface area contributed by atoms with E-state index in [2.05, 4.69) is 62.1 Å². The van der Waals surface area contributed by atoms with E-state index in [1.165, 1.54) is 16.9 Å². The van der Waals surface area contributed by atoms with Gasteiger partial charge in [-0.05, 0) is 25.5 Å². The van der Waals surface area contributed by atoms with Crippen molar-refractivity contribution in [2.24, 2.45) is 0 Å². The molecular formula is C31H32N10S. The van der Waals surface area contributed by atoms with E-state index in [0.717, 1.165) is 77.5 Å². The van der Waals surface area contributed by atoms with Crippen LogP contribution in [-0.4, -0.2) is 69.6 Å². The Labute approximate surface area is 248 Å². The fourth-order valence-electron chi connectivity index (χ4n) is 5.49. The molecule has 0 amide bonds. The van der Waals surface area contributed by atoms with Crippen LogP contribution < -0.4 is 20.4 Å². The molecule has 2 fully saturated rings. The Morgan fingerprint density at radius 1 is 1.02 bits per heavy atom. The first-order chi connectivity index (χ1) is 20.5. The Bertz CT molecular complexity index is 1770. The minimum absolute atomic E-state index is 0.502. The number of anilines is 3. The summed E-state index contributed by atoms with van der Waals surface area (Å²) in [5.41, 5.74) is 6.58. The molecule has 0 radical (unpaired) electrons. The molecule has 6 heterocycles. The average molecular weight is 577 g/mol. The van der Waals surface area contributed by atoms with Crippen LogP contribution in [0, 0.1) is 18.3 Å². The van der Waals surface area contributed by atoms with Crippen molar-refractivity contribution in [1.29, 1.82) is 5.26 Å². The number of fused-ring (bicyclic) bond motifs is 1. The molecule has 0 unspecified atom stereocenters. The first-order valence-electron chi connectivity index (χ1n) is 14.3. The monoisotopic (exact) mass is 576 g/mol. The lowest BCUT2D eigenvalue weighted by Crippen LogP contribution is -2.66. The third kappa shape index (κ3) is 4.77. The van der Waals surface area contributed by atoms with E-state index >= 15 is 0 Å². The van der Waals surface area contributed by atoms with Crippen LogP contribution in [0.1, 0.15) is 23.1 Å². The van der Waals surface area contributed by atoms with Gasteiger partial charge in [-0.25, -0.2) is 19.9 Å². The Balaban J connectivity index is 1.16. The maximum absolute atomic E-state index is 9.89. The van der Waals surface area contributed by atoms with Gasteiger partial charge in [0.15, 0.2) is 5.13 Å². The third-order valence-corrected chi connectivity index (χ3v) is 9.07. The van der Waals surface area contributed by atoms with Crippen molar-refractivity contribution in [2.45, 2.75) is 32.4 Å². The van der Waals surface area contributed by atoms with E-state index in [-0.39, 0.29) is 0 Å². The highest BCUT2D eigenvalue weighted by molar-refractivity contribution is 7.16. The number of pyridine rings is 1. The maximum atomic E-state index is 9.89. The molecule has 2 aliphatic heterocycles. The van der Waals surface area contributed by atoms with E-state index < -0.39 is 0 Å². The first kappa shape index (κ1) is 26.5. The largest absolute Gasteiger partial charge is 0.338 e. The predicted octanol–water partition coefficient (Wildman–Crippen LogP) is 4.18. The van der Waals surface area contributed by atoms with E-state index in [4.69, 9.17) is 9.97 Å². The van der Waals surface area contributed by atoms with Crippen LogP contribution in [0.5, 0.6) is 0 Å². The topological polar surface area (TPSA) is 110 Å². The summed E-state index contributed by atoms with van der Waals surface area (Å²) in [5.74, 6) is 1.70. The van der Waals surface area contributed by atoms with Crippen LogP contribution in [0.3, 0.4) is 0 Å². The van der Waals surface area contributed by atoms with Crippen LogP contribution in [0.4, 0.5) is 16.9 Å². The fraction of sp³-hybridized carbons (Fsp3) is 0.323. The lowest BCUT2D eigenvalue weighted by molar-refractivity contribution is 0.297. The van der Waals surface area contributed by atoms with Gasteiger partial charge in [-0.15, -0.1) is 0 Å². The summed E-state index contributed by atoms with van der Waals surface area (Å²) in [6, 6.07) is 15.7. The Hall–Kier alpha value is -4.37. The molecule has 2 N–H and O–H groups in total. The quantitative estimate of drug-likeness (QED) is 0.281. The summed E-state index contributed by atoms with van der Waals surface area (Å²) >= 11 is 1.39. The molecule has 11 heteroatoms. The van der Waals surface area contributed by atoms with Gasteiger partial charge < -0.3 is 20.4 Å². The molecule has 7 rings (SSSR count). The minimum atomic E-state index is 0.502. The van der Waals surface area contributed by atoms with Gasteiger partial charge in [0.1, 0.15) is 28.1 Å². The molecule has 0 aliphatic carbocycles. The van der Waals surface area contributed by atoms with E-state index in [0.29, 0.717) is 22.7 Å². The van der Waals surface area contributed by atoms with Crippen molar-refractivity contribution in [1.82, 2.24) is 35.0 Å². The molecule has 0 bridgehead atoms. The molecule has 212 valence electrons. The molecule has 0 atom stereocenters. The number of thiazole rings is 1. The minimum Gasteiger partial charge on any atom is -0.338 e. The molecule has 4 aromatic heterocycles. The standard InChI is InChI=1S/C31H32N10S/c1-4-25-29(39(3)31-38-28(26(11-32)42-31)20-7-5-19(2)6-8-20)41-16-21(9-10-27(41)37-25)22-12-34-30(35-13-22)40-17-24(18-40)36-23-14-33-15-23/h5-10,12-13,16,23-24,33,36H,4,14-15,17-18H2,1-3H3. The zero-order valence-electron chi connectivity index (χ0n) is 23.9. The molecule has 2 saturated heterocycles. The average Bonchev–Trinajstić information content (AvgIpc) is 3.57. The van der Waals surface area contributed by atoms with Crippen LogP contribution in [-0.2, 0) is 6.42 Å². The Kier molecular flexibility index (Phi) is 6.82. The molecule has 42 heavy (non-hydrogen) atoms. The lowest BCUT2D eigenvalue weighted by Gasteiger charge is -2.43. The van der Waals surface area contributed by atoms with Gasteiger partial charge in [0.25, 0.3) is 0 Å². The van der Waals surface area contributed by atoms with Crippen LogP contribution in [0.15, 0.2) is 55.0 Å². The molecular weight excluding hydrogens is 544 g/mol. The number of hydrogen-bond donors (Lipinski definition) is 2. The highest BCUT2D eigenvalue weighted by Gasteiger charge is 2.31. The number of nitrogens with zero attached hydrogens (tertiary/aromatic N) is 8. The second-order valence-corrected chi connectivity index (χ2v) is 12.0. The maximum Gasteiger partial charge on any atom is 0.225 e. The van der Waals surface area contributed by atoms with Gasteiger partial charge in [0.2, 0.25) is 5.95 Å². The number of aryl methyl sites for hydroxylation is 2. The first-order valence-corrected chi connectivity index (χ1v) is 15.1. The number of aromatic nitrogens is 5. The Morgan fingerprint density at radius 2 is 1.76 bits per heavy atom. The van der Waals surface area contributed by atoms with Crippen LogP contribution in [0.2, 0.25) is 0 Å². The van der Waals surface area contributed by atoms with Gasteiger partial charge in [0.05, 0.1) is 5.69 Å². The summed E-state index contributed by atoms with van der Waals surface area (Å²) < 4.78 is 2.10. The SMILES string of the molecule is CCc1nc2ccc(-c3cnc(N4CC(NC5CNC5)C4)nc3)cn2c1N(C)c1nc(-c2ccc(C)cc2)c(C#N)s1. The third-order valence-electron chi connectivity index (χ3n) is 8.03. The van der Waals surface area contributed by atoms with Gasteiger partial charge in [-0.1, -0.05) is 48.1 Å². The molecule has 0 saturated carbocycles. The van der Waals surface area contributed by atoms with Crippen LogP contribution >= 0.6 is 11.3 Å². The number of rotatable bonds is 8. The normalized spacial score (nSPS) is 15.4. The summed E-state index contributed by atoms with van der Waals surface area (Å²) in [5, 5.41) is 17.6. The van der Waals surface area contributed by atoms with Crippen molar-refractivity contribution in [3.63, 3.8) is 0 Å². The molecule has 10 nitrogen and oxygen atoms in total. The molecule has 2 aliphatic rings. The second kappa shape index (κ2) is 10.8. The van der Waals surface area contributed by atoms with Crippen molar-refractivity contribution < 1.29 is 0 Å². The number of nitriles is 1. The number of benzene rings is 1. The number of hydrogen-bond acceptors (Lipinski definition) is 10. The fourth-order valence-corrected chi connectivity index (χ4v) is 6.34. The van der Waals surface area contributed by atoms with Crippen LogP contribution in [0.25, 0.3) is 28.0 Å². The summed E-state index contributed by atoms with van der Waals surface area (Å²) in [4.78, 5) is 24.0. The van der Waals surface area contributed by atoms with Gasteiger partial charge in [0, 0.05) is 80.6 Å².